The third-order valence-electron chi connectivity index (χ3n) is 6.70. The highest BCUT2D eigenvalue weighted by atomic mass is 16.4. The van der Waals surface area contributed by atoms with E-state index in [0.29, 0.717) is 58.0 Å². The first-order valence-electron chi connectivity index (χ1n) is 13.5. The molecule has 0 aromatic heterocycles. The van der Waals surface area contributed by atoms with Gasteiger partial charge in [-0.25, -0.2) is 0 Å². The van der Waals surface area contributed by atoms with Gasteiger partial charge in [-0.2, -0.15) is 0 Å². The van der Waals surface area contributed by atoms with Crippen LogP contribution in [0.4, 0.5) is 5.69 Å². The first-order chi connectivity index (χ1) is 18.6. The largest absolute Gasteiger partial charge is 0.480 e. The van der Waals surface area contributed by atoms with Crippen LogP contribution in [0.2, 0.25) is 0 Å². The number of carbonyl (C=O) groups excluding carboxylic acids is 2. The van der Waals surface area contributed by atoms with Crippen molar-refractivity contribution in [3.63, 3.8) is 0 Å². The van der Waals surface area contributed by atoms with E-state index >= 15 is 0 Å². The number of likely N-dealkylation sites (N-methyl/N-ethyl adjacent to an activating group) is 1. The van der Waals surface area contributed by atoms with Crippen LogP contribution in [0, 0.1) is 0 Å². The Morgan fingerprint density at radius 3 is 1.77 bits per heavy atom. The number of aliphatic carboxylic acids is 2. The van der Waals surface area contributed by atoms with Crippen LogP contribution in [0.1, 0.15) is 37.8 Å². The van der Waals surface area contributed by atoms with Crippen molar-refractivity contribution in [2.45, 2.75) is 32.2 Å². The van der Waals surface area contributed by atoms with Crippen LogP contribution in [-0.2, 0) is 19.2 Å². The van der Waals surface area contributed by atoms with Gasteiger partial charge in [0.05, 0.1) is 13.1 Å². The SMILES string of the molecule is CCCNC(=O)CCC(=O)Nc1ccc(C(CN2CCN(CC(=O)O)CCN(CC(=O)O)CC2)N(C)C)cc1. The van der Waals surface area contributed by atoms with Crippen molar-refractivity contribution in [2.75, 3.05) is 84.9 Å². The third-order valence-corrected chi connectivity index (χ3v) is 6.70. The second-order valence-corrected chi connectivity index (χ2v) is 10.1. The summed E-state index contributed by atoms with van der Waals surface area (Å²) in [5.41, 5.74) is 1.72. The molecule has 39 heavy (non-hydrogen) atoms. The topological polar surface area (TPSA) is 146 Å². The van der Waals surface area contributed by atoms with Gasteiger partial charge in [0.2, 0.25) is 11.8 Å². The van der Waals surface area contributed by atoms with Crippen molar-refractivity contribution in [2.24, 2.45) is 0 Å². The van der Waals surface area contributed by atoms with Crippen LogP contribution in [0.25, 0.3) is 0 Å². The maximum atomic E-state index is 12.3. The highest BCUT2D eigenvalue weighted by Crippen LogP contribution is 2.22. The first kappa shape index (κ1) is 32.2. The average molecular weight is 549 g/mol. The molecule has 1 aromatic carbocycles. The zero-order valence-corrected chi connectivity index (χ0v) is 23.4. The van der Waals surface area contributed by atoms with Crippen molar-refractivity contribution in [1.82, 2.24) is 24.9 Å². The van der Waals surface area contributed by atoms with E-state index in [1.165, 1.54) is 0 Å². The number of anilines is 1. The van der Waals surface area contributed by atoms with Gasteiger partial charge in [0.1, 0.15) is 0 Å². The van der Waals surface area contributed by atoms with Crippen LogP contribution in [-0.4, -0.2) is 133 Å². The maximum absolute atomic E-state index is 12.3. The van der Waals surface area contributed by atoms with Gasteiger partial charge in [0.15, 0.2) is 0 Å². The van der Waals surface area contributed by atoms with E-state index in [9.17, 15) is 29.4 Å². The fourth-order valence-electron chi connectivity index (χ4n) is 4.47. The molecule has 1 aliphatic heterocycles. The molecule has 0 bridgehead atoms. The van der Waals surface area contributed by atoms with E-state index in [4.69, 9.17) is 0 Å². The minimum Gasteiger partial charge on any atom is -0.480 e. The molecule has 1 aliphatic rings. The van der Waals surface area contributed by atoms with Crippen molar-refractivity contribution < 1.29 is 29.4 Å². The Kier molecular flexibility index (Phi) is 13.9. The lowest BCUT2D eigenvalue weighted by molar-refractivity contribution is -0.140. The zero-order valence-electron chi connectivity index (χ0n) is 23.4. The fraction of sp³-hybridized carbons (Fsp3) is 0.630. The molecule has 0 radical (unpaired) electrons. The summed E-state index contributed by atoms with van der Waals surface area (Å²) in [6.07, 6.45) is 1.11. The Balaban J connectivity index is 2.03. The van der Waals surface area contributed by atoms with Crippen LogP contribution < -0.4 is 10.6 Å². The van der Waals surface area contributed by atoms with Crippen LogP contribution >= 0.6 is 0 Å². The predicted octanol–water partition coefficient (Wildman–Crippen LogP) is 0.623. The van der Waals surface area contributed by atoms with Gasteiger partial charge in [-0.1, -0.05) is 19.1 Å². The van der Waals surface area contributed by atoms with Gasteiger partial charge in [-0.15, -0.1) is 0 Å². The molecule has 4 N–H and O–H groups in total. The lowest BCUT2D eigenvalue weighted by Gasteiger charge is -2.33. The zero-order chi connectivity index (χ0) is 28.8. The monoisotopic (exact) mass is 548 g/mol. The number of nitrogens with zero attached hydrogens (tertiary/aromatic N) is 4. The summed E-state index contributed by atoms with van der Waals surface area (Å²) in [4.78, 5) is 54.7. The number of benzene rings is 1. The number of nitrogens with one attached hydrogen (secondary N) is 2. The van der Waals surface area contributed by atoms with E-state index in [1.807, 2.05) is 55.1 Å². The number of hydrogen-bond acceptors (Lipinski definition) is 8. The van der Waals surface area contributed by atoms with Gasteiger partial charge in [-0.05, 0) is 38.2 Å². The second-order valence-electron chi connectivity index (χ2n) is 10.1. The third kappa shape index (κ3) is 12.6. The highest BCUT2D eigenvalue weighted by molar-refractivity contribution is 5.93. The van der Waals surface area contributed by atoms with Crippen molar-refractivity contribution in [3.05, 3.63) is 29.8 Å². The second kappa shape index (κ2) is 16.8. The average Bonchev–Trinajstić information content (AvgIpc) is 2.96. The van der Waals surface area contributed by atoms with Crippen LogP contribution in [0.5, 0.6) is 0 Å². The number of carboxylic acids is 2. The van der Waals surface area contributed by atoms with Gasteiger partial charge in [0.25, 0.3) is 0 Å². The van der Waals surface area contributed by atoms with E-state index in [2.05, 4.69) is 20.4 Å². The molecule has 0 aliphatic carbocycles. The smallest absolute Gasteiger partial charge is 0.317 e. The Hall–Kier alpha value is -3.06. The molecule has 1 saturated heterocycles. The number of hydrogen-bond donors (Lipinski definition) is 4. The molecule has 2 amide bonds. The molecule has 1 unspecified atom stereocenters. The van der Waals surface area contributed by atoms with E-state index in [1.54, 1.807) is 0 Å². The standard InChI is InChI=1S/C27H44N6O6/c1-4-11-28-24(34)9-10-25(35)29-22-7-5-21(6-8-22)23(30(2)3)18-31-12-14-32(19-26(36)37)16-17-33(15-13-31)20-27(38)39/h5-8,23H,4,9-20H2,1-3H3,(H,28,34)(H,29,35)(H,36,37)(H,38,39). The Labute approximate surface area is 230 Å². The Morgan fingerprint density at radius 1 is 0.821 bits per heavy atom. The molecule has 0 spiro atoms. The lowest BCUT2D eigenvalue weighted by Crippen LogP contribution is -2.42. The van der Waals surface area contributed by atoms with Crippen LogP contribution in [0.3, 0.4) is 0 Å². The van der Waals surface area contributed by atoms with Gasteiger partial charge in [0, 0.05) is 76.9 Å². The minimum absolute atomic E-state index is 0.0265. The van der Waals surface area contributed by atoms with E-state index in [0.717, 1.165) is 12.0 Å². The van der Waals surface area contributed by atoms with Gasteiger partial charge >= 0.3 is 11.9 Å². The molecule has 218 valence electrons. The van der Waals surface area contributed by atoms with E-state index in [-0.39, 0.29) is 43.8 Å². The molecular formula is C27H44N6O6. The number of carboxylic acid groups (broad SMARTS) is 2. The number of amides is 2. The molecule has 1 heterocycles. The Morgan fingerprint density at radius 2 is 1.31 bits per heavy atom. The Bertz CT molecular complexity index is 913. The van der Waals surface area contributed by atoms with Gasteiger partial charge in [-0.3, -0.25) is 33.9 Å². The quantitative estimate of drug-likeness (QED) is 0.261. The van der Waals surface area contributed by atoms with Crippen molar-refractivity contribution in [3.8, 4) is 0 Å². The molecule has 1 fully saturated rings. The molecule has 1 aromatic rings. The van der Waals surface area contributed by atoms with Crippen LogP contribution in [0.15, 0.2) is 24.3 Å². The molecule has 0 saturated carbocycles. The number of carbonyl (C=O) groups is 4. The van der Waals surface area contributed by atoms with E-state index < -0.39 is 11.9 Å². The fourth-order valence-corrected chi connectivity index (χ4v) is 4.47. The summed E-state index contributed by atoms with van der Waals surface area (Å²) in [6, 6.07) is 7.67. The highest BCUT2D eigenvalue weighted by Gasteiger charge is 2.23. The summed E-state index contributed by atoms with van der Waals surface area (Å²) in [5.74, 6) is -2.15. The summed E-state index contributed by atoms with van der Waals surface area (Å²) < 4.78 is 0. The first-order valence-corrected chi connectivity index (χ1v) is 13.5. The predicted molar refractivity (Wildman–Crippen MR) is 149 cm³/mol. The molecule has 1 atom stereocenters. The van der Waals surface area contributed by atoms with Crippen molar-refractivity contribution in [1.29, 1.82) is 0 Å². The summed E-state index contributed by atoms with van der Waals surface area (Å²) in [6.45, 7) is 6.58. The van der Waals surface area contributed by atoms with Gasteiger partial charge < -0.3 is 25.7 Å². The molecule has 12 nitrogen and oxygen atoms in total. The lowest BCUT2D eigenvalue weighted by atomic mass is 10.0. The maximum Gasteiger partial charge on any atom is 0.317 e. The minimum atomic E-state index is -0.899. The number of rotatable bonds is 14. The molecular weight excluding hydrogens is 504 g/mol. The molecule has 2 rings (SSSR count). The molecule has 12 heteroatoms. The van der Waals surface area contributed by atoms with Crippen molar-refractivity contribution >= 4 is 29.4 Å². The normalized spacial score (nSPS) is 16.6. The summed E-state index contributed by atoms with van der Waals surface area (Å²) in [7, 11) is 3.99. The summed E-state index contributed by atoms with van der Waals surface area (Å²) >= 11 is 0. The summed E-state index contributed by atoms with van der Waals surface area (Å²) in [5, 5.41) is 24.2.